The number of carbonyl (C=O) groups is 1. The molecule has 1 saturated carbocycles. The van der Waals surface area contributed by atoms with Gasteiger partial charge in [-0.3, -0.25) is 9.79 Å². The number of ether oxygens (including phenoxy) is 1. The van der Waals surface area contributed by atoms with Gasteiger partial charge in [0.2, 0.25) is 5.88 Å². The van der Waals surface area contributed by atoms with Crippen LogP contribution in [0.1, 0.15) is 28.9 Å². The molecule has 2 heterocycles. The summed E-state index contributed by atoms with van der Waals surface area (Å²) in [6.07, 6.45) is 3.48. The van der Waals surface area contributed by atoms with Gasteiger partial charge in [-0.2, -0.15) is 0 Å². The number of aromatic nitrogens is 2. The van der Waals surface area contributed by atoms with Crippen molar-refractivity contribution in [3.63, 3.8) is 0 Å². The van der Waals surface area contributed by atoms with Crippen LogP contribution < -0.4 is 11.1 Å². The number of nitrogens with zero attached hydrogens (tertiary/aromatic N) is 3. The first-order valence-corrected chi connectivity index (χ1v) is 10.0. The fraction of sp³-hybridized carbons (Fsp3) is 0.368. The summed E-state index contributed by atoms with van der Waals surface area (Å²) in [5.41, 5.74) is 6.00. The third-order valence-corrected chi connectivity index (χ3v) is 6.35. The molecule has 29 heavy (non-hydrogen) atoms. The van der Waals surface area contributed by atoms with Gasteiger partial charge >= 0.3 is 0 Å². The molecule has 1 aromatic carbocycles. The molecule has 152 valence electrons. The molecule has 1 fully saturated rings. The molecule has 0 bridgehead atoms. The van der Waals surface area contributed by atoms with Crippen LogP contribution >= 0.6 is 11.8 Å². The summed E-state index contributed by atoms with van der Waals surface area (Å²) in [6.45, 7) is 0. The molecule has 1 aromatic heterocycles. The van der Waals surface area contributed by atoms with Crippen molar-refractivity contribution >= 4 is 28.5 Å². The zero-order chi connectivity index (χ0) is 20.6. The van der Waals surface area contributed by atoms with Crippen molar-refractivity contribution in [3.05, 3.63) is 47.7 Å². The molecule has 4 N–H and O–H groups in total. The van der Waals surface area contributed by atoms with Gasteiger partial charge in [0, 0.05) is 36.5 Å². The number of aromatic hydroxyl groups is 1. The number of amidine groups is 1. The lowest BCUT2D eigenvalue weighted by molar-refractivity contribution is 0.101. The quantitative estimate of drug-likeness (QED) is 0.697. The lowest BCUT2D eigenvalue weighted by atomic mass is 9.81. The number of thioether (sulfide) groups is 1. The SMILES string of the molecule is CO[C@@H]1C[C@H]2CSC(N)=N[C@@]2(c2cc(NC(=O)c3cnc(O)cn3)ccc2F)C1. The molecule has 8 nitrogen and oxygen atoms in total. The number of nitrogens with two attached hydrogens (primary N) is 1. The smallest absolute Gasteiger partial charge is 0.275 e. The first-order valence-electron chi connectivity index (χ1n) is 9.04. The highest BCUT2D eigenvalue weighted by Crippen LogP contribution is 2.52. The Hall–Kier alpha value is -2.72. The van der Waals surface area contributed by atoms with Crippen LogP contribution in [0, 0.1) is 11.7 Å². The van der Waals surface area contributed by atoms with E-state index in [1.54, 1.807) is 13.2 Å². The van der Waals surface area contributed by atoms with Crippen LogP contribution in [0.2, 0.25) is 0 Å². The summed E-state index contributed by atoms with van der Waals surface area (Å²) in [5, 5.41) is 12.3. The summed E-state index contributed by atoms with van der Waals surface area (Å²) in [7, 11) is 1.64. The number of amides is 1. The lowest BCUT2D eigenvalue weighted by Crippen LogP contribution is -2.37. The molecule has 3 atom stereocenters. The number of hydrogen-bond donors (Lipinski definition) is 3. The third-order valence-electron chi connectivity index (χ3n) is 5.40. The minimum absolute atomic E-state index is 0.0290. The Morgan fingerprint density at radius 1 is 1.41 bits per heavy atom. The minimum atomic E-state index is -0.820. The number of aliphatic imine (C=N–C) groups is 1. The molecule has 2 aromatic rings. The number of anilines is 1. The molecule has 0 radical (unpaired) electrons. The molecular formula is C19H20FN5O3S. The van der Waals surface area contributed by atoms with E-state index in [1.807, 2.05) is 0 Å². The topological polar surface area (TPSA) is 123 Å². The summed E-state index contributed by atoms with van der Waals surface area (Å²) in [4.78, 5) is 24.6. The van der Waals surface area contributed by atoms with Gasteiger partial charge in [-0.05, 0) is 24.6 Å². The average molecular weight is 417 g/mol. The largest absolute Gasteiger partial charge is 0.492 e. The predicted octanol–water partition coefficient (Wildman–Crippen LogP) is 2.26. The van der Waals surface area contributed by atoms with Gasteiger partial charge in [-0.1, -0.05) is 11.8 Å². The number of benzene rings is 1. The maximum atomic E-state index is 14.9. The van der Waals surface area contributed by atoms with Crippen molar-refractivity contribution < 1.29 is 19.0 Å². The molecule has 0 saturated heterocycles. The number of carbonyl (C=O) groups excluding carboxylic acids is 1. The Bertz CT molecular complexity index is 971. The summed E-state index contributed by atoms with van der Waals surface area (Å²) >= 11 is 1.46. The maximum Gasteiger partial charge on any atom is 0.275 e. The molecule has 0 spiro atoms. The molecule has 2 aliphatic rings. The van der Waals surface area contributed by atoms with Crippen LogP contribution in [-0.2, 0) is 10.3 Å². The van der Waals surface area contributed by atoms with E-state index in [2.05, 4.69) is 20.3 Å². The highest BCUT2D eigenvalue weighted by atomic mass is 32.2. The average Bonchev–Trinajstić information content (AvgIpc) is 3.08. The number of rotatable bonds is 4. The Balaban J connectivity index is 1.68. The van der Waals surface area contributed by atoms with Crippen molar-refractivity contribution in [1.82, 2.24) is 9.97 Å². The van der Waals surface area contributed by atoms with Gasteiger partial charge in [0.25, 0.3) is 5.91 Å². The Labute approximate surface area is 170 Å². The van der Waals surface area contributed by atoms with Gasteiger partial charge in [0.15, 0.2) is 5.17 Å². The van der Waals surface area contributed by atoms with Gasteiger partial charge in [-0.15, -0.1) is 0 Å². The van der Waals surface area contributed by atoms with Crippen molar-refractivity contribution in [1.29, 1.82) is 0 Å². The molecule has 4 rings (SSSR count). The number of hydrogen-bond acceptors (Lipinski definition) is 8. The van der Waals surface area contributed by atoms with Crippen LogP contribution in [-0.4, -0.2) is 45.1 Å². The Morgan fingerprint density at radius 2 is 2.24 bits per heavy atom. The van der Waals surface area contributed by atoms with Crippen LogP contribution in [0.3, 0.4) is 0 Å². The van der Waals surface area contributed by atoms with E-state index < -0.39 is 17.3 Å². The summed E-state index contributed by atoms with van der Waals surface area (Å²) < 4.78 is 20.5. The normalized spacial score (nSPS) is 25.9. The van der Waals surface area contributed by atoms with Crippen LogP contribution in [0.4, 0.5) is 10.1 Å². The van der Waals surface area contributed by atoms with Crippen LogP contribution in [0.5, 0.6) is 5.88 Å². The van der Waals surface area contributed by atoms with Crippen molar-refractivity contribution in [2.75, 3.05) is 18.2 Å². The van der Waals surface area contributed by atoms with Crippen molar-refractivity contribution in [2.45, 2.75) is 24.5 Å². The van der Waals surface area contributed by atoms with E-state index in [4.69, 9.17) is 10.5 Å². The number of fused-ring (bicyclic) bond motifs is 1. The lowest BCUT2D eigenvalue weighted by Gasteiger charge is -2.36. The minimum Gasteiger partial charge on any atom is -0.492 e. The second-order valence-electron chi connectivity index (χ2n) is 7.09. The molecule has 10 heteroatoms. The molecular weight excluding hydrogens is 397 g/mol. The summed E-state index contributed by atoms with van der Waals surface area (Å²) in [5.74, 6) is -0.400. The Morgan fingerprint density at radius 3 is 2.97 bits per heavy atom. The van der Waals surface area contributed by atoms with E-state index in [1.165, 1.54) is 23.9 Å². The molecule has 0 unspecified atom stereocenters. The van der Waals surface area contributed by atoms with E-state index in [-0.39, 0.29) is 23.6 Å². The summed E-state index contributed by atoms with van der Waals surface area (Å²) in [6, 6.07) is 4.38. The Kier molecular flexibility index (Phi) is 5.13. The third kappa shape index (κ3) is 3.65. The molecule has 1 amide bonds. The zero-order valence-corrected chi connectivity index (χ0v) is 16.4. The predicted molar refractivity (Wildman–Crippen MR) is 107 cm³/mol. The van der Waals surface area contributed by atoms with E-state index in [0.29, 0.717) is 22.8 Å². The number of nitrogens with one attached hydrogen (secondary N) is 1. The zero-order valence-electron chi connectivity index (χ0n) is 15.6. The fourth-order valence-electron chi connectivity index (χ4n) is 4.01. The second kappa shape index (κ2) is 7.60. The monoisotopic (exact) mass is 417 g/mol. The molecule has 1 aliphatic heterocycles. The molecule has 1 aliphatic carbocycles. The van der Waals surface area contributed by atoms with Crippen molar-refractivity contribution in [2.24, 2.45) is 16.6 Å². The highest BCUT2D eigenvalue weighted by Gasteiger charge is 2.52. The number of halogens is 1. The maximum absolute atomic E-state index is 14.9. The van der Waals surface area contributed by atoms with Gasteiger partial charge in [0.05, 0.1) is 24.0 Å². The van der Waals surface area contributed by atoms with Crippen LogP contribution in [0.15, 0.2) is 35.6 Å². The van der Waals surface area contributed by atoms with Gasteiger partial charge < -0.3 is 20.9 Å². The highest BCUT2D eigenvalue weighted by molar-refractivity contribution is 8.13. The van der Waals surface area contributed by atoms with E-state index in [9.17, 15) is 14.3 Å². The van der Waals surface area contributed by atoms with Gasteiger partial charge in [0.1, 0.15) is 11.5 Å². The first kappa shape index (κ1) is 19.6. The standard InChI is InChI=1S/C19H20FN5O3S/c1-28-12-4-10-9-29-18(21)25-19(10,6-12)13-5-11(2-3-14(13)20)24-17(27)15-7-23-16(26)8-22-15/h2-3,5,7-8,10,12H,4,6,9H2,1H3,(H2,21,25)(H,23,26)(H,24,27)/t10-,12+,19-/m0/s1. The van der Waals surface area contributed by atoms with E-state index >= 15 is 0 Å². The van der Waals surface area contributed by atoms with E-state index in [0.717, 1.165) is 24.6 Å². The van der Waals surface area contributed by atoms with Gasteiger partial charge in [-0.25, -0.2) is 14.4 Å². The van der Waals surface area contributed by atoms with Crippen molar-refractivity contribution in [3.8, 4) is 5.88 Å². The fourth-order valence-corrected chi connectivity index (χ4v) is 5.02. The van der Waals surface area contributed by atoms with Crippen LogP contribution in [0.25, 0.3) is 0 Å². The first-order chi connectivity index (χ1) is 13.9. The second-order valence-corrected chi connectivity index (χ2v) is 8.13. The number of methoxy groups -OCH3 is 1.